The van der Waals surface area contributed by atoms with E-state index < -0.39 is 11.7 Å². The smallest absolute Gasteiger partial charge is 0.368 e. The predicted octanol–water partition coefficient (Wildman–Crippen LogP) is 3.15. The molecule has 0 spiro atoms. The van der Waals surface area contributed by atoms with E-state index in [9.17, 15) is 18.0 Å². The first-order valence-electron chi connectivity index (χ1n) is 8.81. The summed E-state index contributed by atoms with van der Waals surface area (Å²) in [5.74, 6) is 0.531. The second kappa shape index (κ2) is 8.48. The van der Waals surface area contributed by atoms with Crippen LogP contribution >= 0.6 is 12.4 Å². The Bertz CT molecular complexity index is 601. The van der Waals surface area contributed by atoms with Crippen LogP contribution in [0.25, 0.3) is 0 Å². The third-order valence-corrected chi connectivity index (χ3v) is 5.43. The molecule has 146 valence electrons. The quantitative estimate of drug-likeness (QED) is 0.861. The zero-order valence-corrected chi connectivity index (χ0v) is 15.4. The number of rotatable bonds is 3. The van der Waals surface area contributed by atoms with Crippen LogP contribution in [0.5, 0.6) is 0 Å². The molecule has 1 saturated carbocycles. The Morgan fingerprint density at radius 1 is 1.08 bits per heavy atom. The van der Waals surface area contributed by atoms with Crippen molar-refractivity contribution in [2.24, 2.45) is 17.6 Å². The number of hydrogen-bond donors (Lipinski definition) is 1. The van der Waals surface area contributed by atoms with E-state index in [0.717, 1.165) is 37.1 Å². The molecule has 1 aromatic carbocycles. The van der Waals surface area contributed by atoms with Crippen LogP contribution in [0, 0.1) is 11.8 Å². The van der Waals surface area contributed by atoms with Gasteiger partial charge in [-0.05, 0) is 49.6 Å². The lowest BCUT2D eigenvalue weighted by molar-refractivity contribution is -0.138. The first-order valence-corrected chi connectivity index (χ1v) is 8.81. The number of halogens is 4. The van der Waals surface area contributed by atoms with Gasteiger partial charge in [0.15, 0.2) is 0 Å². The number of nitrogens with zero attached hydrogens (tertiary/aromatic N) is 2. The summed E-state index contributed by atoms with van der Waals surface area (Å²) in [7, 11) is 0. The number of benzene rings is 1. The van der Waals surface area contributed by atoms with E-state index in [4.69, 9.17) is 5.73 Å². The first kappa shape index (κ1) is 20.8. The van der Waals surface area contributed by atoms with Crippen molar-refractivity contribution in [1.29, 1.82) is 0 Å². The summed E-state index contributed by atoms with van der Waals surface area (Å²) in [6.07, 6.45) is -1.31. The second-order valence-corrected chi connectivity index (χ2v) is 6.89. The number of nitrogens with two attached hydrogens (primary N) is 1. The molecule has 2 N–H and O–H groups in total. The Morgan fingerprint density at radius 2 is 1.69 bits per heavy atom. The zero-order valence-electron chi connectivity index (χ0n) is 14.5. The highest BCUT2D eigenvalue weighted by molar-refractivity contribution is 5.85. The predicted molar refractivity (Wildman–Crippen MR) is 97.4 cm³/mol. The van der Waals surface area contributed by atoms with Gasteiger partial charge in [-0.2, -0.15) is 13.2 Å². The molecule has 8 heteroatoms. The number of anilines is 1. The number of alkyl halides is 3. The van der Waals surface area contributed by atoms with E-state index in [1.807, 2.05) is 9.80 Å². The molecule has 1 aromatic rings. The van der Waals surface area contributed by atoms with Gasteiger partial charge in [-0.1, -0.05) is 6.42 Å². The fraction of sp³-hybridized carbons (Fsp3) is 0.611. The largest absolute Gasteiger partial charge is 0.416 e. The van der Waals surface area contributed by atoms with Gasteiger partial charge in [0.25, 0.3) is 0 Å². The molecule has 4 nitrogen and oxygen atoms in total. The van der Waals surface area contributed by atoms with Crippen molar-refractivity contribution in [2.45, 2.75) is 25.4 Å². The van der Waals surface area contributed by atoms with Gasteiger partial charge in [-0.25, -0.2) is 0 Å². The van der Waals surface area contributed by atoms with Crippen LogP contribution in [0.4, 0.5) is 18.9 Å². The van der Waals surface area contributed by atoms with E-state index in [1.54, 1.807) is 0 Å². The van der Waals surface area contributed by atoms with Crippen molar-refractivity contribution >= 4 is 24.0 Å². The van der Waals surface area contributed by atoms with Crippen molar-refractivity contribution in [2.75, 3.05) is 37.6 Å². The summed E-state index contributed by atoms with van der Waals surface area (Å²) in [6.45, 7) is 3.04. The van der Waals surface area contributed by atoms with Crippen molar-refractivity contribution in [3.63, 3.8) is 0 Å². The average molecular weight is 392 g/mol. The molecule has 1 aliphatic carbocycles. The summed E-state index contributed by atoms with van der Waals surface area (Å²) in [5.41, 5.74) is 5.90. The molecule has 1 heterocycles. The first-order chi connectivity index (χ1) is 11.9. The molecule has 1 aliphatic heterocycles. The van der Waals surface area contributed by atoms with Gasteiger partial charge in [0.1, 0.15) is 0 Å². The van der Waals surface area contributed by atoms with Gasteiger partial charge in [0.2, 0.25) is 5.91 Å². The SMILES string of the molecule is Cl.NC[C@H]1CCC[C@H]1C(=O)N1CCN(c2ccc(C(F)(F)F)cc2)CC1. The minimum absolute atomic E-state index is 0. The summed E-state index contributed by atoms with van der Waals surface area (Å²) in [5, 5.41) is 0. The fourth-order valence-electron chi connectivity index (χ4n) is 3.92. The standard InChI is InChI=1S/C18H24F3N3O.ClH/c19-18(20,21)14-4-6-15(7-5-14)23-8-10-24(11-9-23)17(25)16-3-1-2-13(16)12-22;/h4-7,13,16H,1-3,8-12,22H2;1H/t13-,16-;/m1./s1. The molecule has 0 radical (unpaired) electrons. The molecule has 2 aliphatic rings. The highest BCUT2D eigenvalue weighted by Crippen LogP contribution is 2.33. The Hall–Kier alpha value is -1.47. The molecule has 0 bridgehead atoms. The van der Waals surface area contributed by atoms with Crippen molar-refractivity contribution in [3.8, 4) is 0 Å². The summed E-state index contributed by atoms with van der Waals surface area (Å²) in [4.78, 5) is 16.6. The van der Waals surface area contributed by atoms with Crippen molar-refractivity contribution in [3.05, 3.63) is 29.8 Å². The third-order valence-electron chi connectivity index (χ3n) is 5.43. The van der Waals surface area contributed by atoms with Crippen LogP contribution in [-0.2, 0) is 11.0 Å². The van der Waals surface area contributed by atoms with E-state index in [1.165, 1.54) is 12.1 Å². The van der Waals surface area contributed by atoms with Gasteiger partial charge < -0.3 is 15.5 Å². The highest BCUT2D eigenvalue weighted by Gasteiger charge is 2.36. The summed E-state index contributed by atoms with van der Waals surface area (Å²) >= 11 is 0. The Kier molecular flexibility index (Phi) is 6.80. The molecule has 1 saturated heterocycles. The maximum absolute atomic E-state index is 12.7. The summed E-state index contributed by atoms with van der Waals surface area (Å²) in [6, 6.07) is 5.22. The van der Waals surface area contributed by atoms with Crippen molar-refractivity contribution in [1.82, 2.24) is 4.90 Å². The normalized spacial score (nSPS) is 23.7. The topological polar surface area (TPSA) is 49.6 Å². The van der Waals surface area contributed by atoms with Crippen LogP contribution in [0.2, 0.25) is 0 Å². The van der Waals surface area contributed by atoms with Gasteiger partial charge in [-0.3, -0.25) is 4.79 Å². The lowest BCUT2D eigenvalue weighted by Gasteiger charge is -2.38. The molecule has 0 aromatic heterocycles. The van der Waals surface area contributed by atoms with Crippen LogP contribution in [0.3, 0.4) is 0 Å². The van der Waals surface area contributed by atoms with Crippen molar-refractivity contribution < 1.29 is 18.0 Å². The molecular weight excluding hydrogens is 367 g/mol. The highest BCUT2D eigenvalue weighted by atomic mass is 35.5. The zero-order chi connectivity index (χ0) is 18.0. The second-order valence-electron chi connectivity index (χ2n) is 6.89. The van der Waals surface area contributed by atoms with Gasteiger partial charge in [-0.15, -0.1) is 12.4 Å². The minimum Gasteiger partial charge on any atom is -0.368 e. The number of carbonyl (C=O) groups excluding carboxylic acids is 1. The van der Waals surface area contributed by atoms with E-state index in [2.05, 4.69) is 0 Å². The van der Waals surface area contributed by atoms with E-state index >= 15 is 0 Å². The van der Waals surface area contributed by atoms with Crippen LogP contribution < -0.4 is 10.6 Å². The third kappa shape index (κ3) is 4.43. The van der Waals surface area contributed by atoms with Crippen LogP contribution in [0.1, 0.15) is 24.8 Å². The lowest BCUT2D eigenvalue weighted by atomic mass is 9.94. The number of hydrogen-bond acceptors (Lipinski definition) is 3. The lowest BCUT2D eigenvalue weighted by Crippen LogP contribution is -2.51. The Labute approximate surface area is 157 Å². The maximum Gasteiger partial charge on any atom is 0.416 e. The molecule has 2 fully saturated rings. The van der Waals surface area contributed by atoms with Gasteiger partial charge >= 0.3 is 6.18 Å². The maximum atomic E-state index is 12.7. The number of carbonyl (C=O) groups is 1. The average Bonchev–Trinajstić information content (AvgIpc) is 3.09. The minimum atomic E-state index is -4.32. The van der Waals surface area contributed by atoms with E-state index in [0.29, 0.717) is 38.6 Å². The van der Waals surface area contributed by atoms with Crippen LogP contribution in [-0.4, -0.2) is 43.5 Å². The van der Waals surface area contributed by atoms with Gasteiger partial charge in [0.05, 0.1) is 5.56 Å². The summed E-state index contributed by atoms with van der Waals surface area (Å²) < 4.78 is 37.9. The Morgan fingerprint density at radius 3 is 2.23 bits per heavy atom. The molecular formula is C18H25ClF3N3O. The van der Waals surface area contributed by atoms with Crippen LogP contribution in [0.15, 0.2) is 24.3 Å². The molecule has 1 amide bonds. The molecule has 26 heavy (non-hydrogen) atoms. The van der Waals surface area contributed by atoms with E-state index in [-0.39, 0.29) is 24.2 Å². The monoisotopic (exact) mass is 391 g/mol. The number of amides is 1. The Balaban J connectivity index is 0.00000243. The molecule has 0 unspecified atom stereocenters. The molecule has 2 atom stereocenters. The number of piperazine rings is 1. The fourth-order valence-corrected chi connectivity index (χ4v) is 3.92. The van der Waals surface area contributed by atoms with Gasteiger partial charge in [0, 0.05) is 37.8 Å². The molecule has 3 rings (SSSR count).